The van der Waals surface area contributed by atoms with E-state index >= 15 is 0 Å². The minimum Gasteiger partial charge on any atom is -0.502 e. The van der Waals surface area contributed by atoms with Crippen molar-refractivity contribution in [1.29, 1.82) is 0 Å². The van der Waals surface area contributed by atoms with Crippen molar-refractivity contribution >= 4 is 21.4 Å². The van der Waals surface area contributed by atoms with Gasteiger partial charge in [-0.2, -0.15) is 0 Å². The molecule has 0 bridgehead atoms. The highest BCUT2D eigenvalue weighted by Gasteiger charge is 2.21. The minimum absolute atomic E-state index is 0.0413. The predicted octanol–water partition coefficient (Wildman–Crippen LogP) is 3.15. The van der Waals surface area contributed by atoms with Crippen LogP contribution in [-0.2, 0) is 6.42 Å². The topological polar surface area (TPSA) is 40.5 Å². The van der Waals surface area contributed by atoms with Gasteiger partial charge in [-0.25, -0.2) is 8.78 Å². The summed E-state index contributed by atoms with van der Waals surface area (Å²) in [4.78, 5) is 0. The molecule has 0 aliphatic rings. The maximum absolute atomic E-state index is 13.5. The Morgan fingerprint density at radius 3 is 2.40 bits per heavy atom. The number of fused-ring (bicyclic) bond motifs is 1. The first kappa shape index (κ1) is 10.2. The second-order valence-corrected chi connectivity index (χ2v) is 4.02. The third-order valence-corrected chi connectivity index (χ3v) is 3.33. The van der Waals surface area contributed by atoms with Crippen molar-refractivity contribution in [2.24, 2.45) is 0 Å². The summed E-state index contributed by atoms with van der Waals surface area (Å²) < 4.78 is 27.0. The van der Waals surface area contributed by atoms with Crippen LogP contribution in [-0.4, -0.2) is 10.2 Å². The van der Waals surface area contributed by atoms with E-state index in [2.05, 4.69) is 0 Å². The highest BCUT2D eigenvalue weighted by Crippen LogP contribution is 2.41. The van der Waals surface area contributed by atoms with E-state index in [-0.39, 0.29) is 10.1 Å². The first-order chi connectivity index (χ1) is 7.07. The van der Waals surface area contributed by atoms with Crippen LogP contribution >= 0.6 is 11.3 Å². The van der Waals surface area contributed by atoms with Gasteiger partial charge in [0.2, 0.25) is 0 Å². The molecule has 0 aliphatic heterocycles. The van der Waals surface area contributed by atoms with E-state index in [0.717, 1.165) is 11.3 Å². The quantitative estimate of drug-likeness (QED) is 0.739. The summed E-state index contributed by atoms with van der Waals surface area (Å²) in [6.45, 7) is 1.81. The van der Waals surface area contributed by atoms with E-state index in [9.17, 15) is 8.78 Å². The minimum atomic E-state index is -1.02. The summed E-state index contributed by atoms with van der Waals surface area (Å²) in [7, 11) is 0. The summed E-state index contributed by atoms with van der Waals surface area (Å²) in [6, 6.07) is 0. The molecule has 80 valence electrons. The van der Waals surface area contributed by atoms with Crippen LogP contribution in [0.15, 0.2) is 5.38 Å². The monoisotopic (exact) mass is 230 g/mol. The van der Waals surface area contributed by atoms with Gasteiger partial charge >= 0.3 is 0 Å². The number of phenols is 2. The Balaban J connectivity index is 2.97. The zero-order valence-corrected chi connectivity index (χ0v) is 8.66. The van der Waals surface area contributed by atoms with E-state index in [0.29, 0.717) is 12.0 Å². The second-order valence-electron chi connectivity index (χ2n) is 3.14. The Bertz CT molecular complexity index is 534. The fourth-order valence-electron chi connectivity index (χ4n) is 1.49. The molecule has 1 aromatic carbocycles. The first-order valence-electron chi connectivity index (χ1n) is 4.36. The molecule has 0 aliphatic carbocycles. The lowest BCUT2D eigenvalue weighted by molar-refractivity contribution is 0.363. The lowest BCUT2D eigenvalue weighted by Gasteiger charge is -2.03. The average molecular weight is 230 g/mol. The number of hydrogen-bond acceptors (Lipinski definition) is 3. The number of aromatic hydroxyl groups is 2. The van der Waals surface area contributed by atoms with Crippen molar-refractivity contribution in [1.82, 2.24) is 0 Å². The van der Waals surface area contributed by atoms with Crippen molar-refractivity contribution in [3.63, 3.8) is 0 Å². The third-order valence-electron chi connectivity index (χ3n) is 2.31. The highest BCUT2D eigenvalue weighted by molar-refractivity contribution is 7.17. The Labute approximate surface area is 88.4 Å². The van der Waals surface area contributed by atoms with E-state index < -0.39 is 23.1 Å². The van der Waals surface area contributed by atoms with Gasteiger partial charge < -0.3 is 10.2 Å². The number of thiophene rings is 1. The zero-order valence-electron chi connectivity index (χ0n) is 7.84. The average Bonchev–Trinajstić information content (AvgIpc) is 2.67. The molecular weight excluding hydrogens is 222 g/mol. The standard InChI is InChI=1S/C10H8F2O2S/c1-2-4-3-15-10-5(4)6(11)8(13)9(14)7(10)12/h3,13-14H,2H2,1H3. The Hall–Kier alpha value is -1.36. The van der Waals surface area contributed by atoms with Crippen LogP contribution in [0.3, 0.4) is 0 Å². The molecule has 0 spiro atoms. The number of aryl methyl sites for hydroxylation is 1. The molecule has 2 nitrogen and oxygen atoms in total. The van der Waals surface area contributed by atoms with Gasteiger partial charge in [0.1, 0.15) is 0 Å². The molecule has 0 radical (unpaired) electrons. The van der Waals surface area contributed by atoms with Gasteiger partial charge in [0, 0.05) is 5.39 Å². The Morgan fingerprint density at radius 2 is 1.80 bits per heavy atom. The number of phenolic OH excluding ortho intramolecular Hbond substituents is 2. The number of halogens is 2. The van der Waals surface area contributed by atoms with E-state index in [1.165, 1.54) is 0 Å². The first-order valence-corrected chi connectivity index (χ1v) is 5.24. The molecule has 5 heteroatoms. The van der Waals surface area contributed by atoms with Gasteiger partial charge in [-0.1, -0.05) is 6.92 Å². The molecule has 0 unspecified atom stereocenters. The van der Waals surface area contributed by atoms with Crippen molar-refractivity contribution in [3.05, 3.63) is 22.6 Å². The summed E-state index contributed by atoms with van der Waals surface area (Å²) in [5, 5.41) is 20.0. The predicted molar refractivity (Wildman–Crippen MR) is 54.4 cm³/mol. The third kappa shape index (κ3) is 1.26. The molecule has 0 atom stereocenters. The second kappa shape index (κ2) is 3.34. The van der Waals surface area contributed by atoms with Crippen molar-refractivity contribution in [2.45, 2.75) is 13.3 Å². The molecule has 0 saturated heterocycles. The van der Waals surface area contributed by atoms with Crippen molar-refractivity contribution in [2.75, 3.05) is 0 Å². The summed E-state index contributed by atoms with van der Waals surface area (Å²) in [5.74, 6) is -3.96. The van der Waals surface area contributed by atoms with Gasteiger partial charge in [-0.15, -0.1) is 11.3 Å². The van der Waals surface area contributed by atoms with Gasteiger partial charge in [-0.05, 0) is 17.4 Å². The Kier molecular flexibility index (Phi) is 2.26. The molecule has 1 heterocycles. The molecule has 2 rings (SSSR count). The van der Waals surface area contributed by atoms with Crippen molar-refractivity contribution < 1.29 is 19.0 Å². The molecule has 0 fully saturated rings. The maximum atomic E-state index is 13.5. The largest absolute Gasteiger partial charge is 0.502 e. The molecule has 0 amide bonds. The van der Waals surface area contributed by atoms with Crippen LogP contribution in [0.4, 0.5) is 8.78 Å². The van der Waals surface area contributed by atoms with Gasteiger partial charge in [0.25, 0.3) is 0 Å². The van der Waals surface area contributed by atoms with E-state index in [4.69, 9.17) is 10.2 Å². The fraction of sp³-hybridized carbons (Fsp3) is 0.200. The van der Waals surface area contributed by atoms with Crippen LogP contribution < -0.4 is 0 Å². The van der Waals surface area contributed by atoms with E-state index in [1.807, 2.05) is 6.92 Å². The van der Waals surface area contributed by atoms with Crippen LogP contribution in [0, 0.1) is 11.6 Å². The van der Waals surface area contributed by atoms with Gasteiger partial charge in [0.15, 0.2) is 23.1 Å². The summed E-state index contributed by atoms with van der Waals surface area (Å²) in [6.07, 6.45) is 0.542. The molecule has 2 N–H and O–H groups in total. The number of rotatable bonds is 1. The van der Waals surface area contributed by atoms with Crippen LogP contribution in [0.1, 0.15) is 12.5 Å². The lowest BCUT2D eigenvalue weighted by Crippen LogP contribution is -1.87. The SMILES string of the molecule is CCc1csc2c(F)c(O)c(O)c(F)c12. The van der Waals surface area contributed by atoms with E-state index in [1.54, 1.807) is 5.38 Å². The molecule has 0 saturated carbocycles. The molecule has 15 heavy (non-hydrogen) atoms. The normalized spacial score (nSPS) is 11.1. The maximum Gasteiger partial charge on any atom is 0.198 e. The number of hydrogen-bond donors (Lipinski definition) is 2. The summed E-state index contributed by atoms with van der Waals surface area (Å²) >= 11 is 1.02. The van der Waals surface area contributed by atoms with Gasteiger partial charge in [0.05, 0.1) is 4.70 Å². The molecule has 1 aromatic heterocycles. The van der Waals surface area contributed by atoms with Gasteiger partial charge in [-0.3, -0.25) is 0 Å². The lowest BCUT2D eigenvalue weighted by atomic mass is 10.1. The zero-order chi connectivity index (χ0) is 11.2. The van der Waals surface area contributed by atoms with Crippen LogP contribution in [0.5, 0.6) is 11.5 Å². The fourth-order valence-corrected chi connectivity index (χ4v) is 2.57. The summed E-state index contributed by atoms with van der Waals surface area (Å²) in [5.41, 5.74) is 0.627. The van der Waals surface area contributed by atoms with Crippen molar-refractivity contribution in [3.8, 4) is 11.5 Å². The molecular formula is C10H8F2O2S. The Morgan fingerprint density at radius 1 is 1.20 bits per heavy atom. The van der Waals surface area contributed by atoms with Crippen LogP contribution in [0.2, 0.25) is 0 Å². The number of benzene rings is 1. The van der Waals surface area contributed by atoms with Crippen LogP contribution in [0.25, 0.3) is 10.1 Å². The highest BCUT2D eigenvalue weighted by atomic mass is 32.1. The molecule has 2 aromatic rings. The smallest absolute Gasteiger partial charge is 0.198 e.